The van der Waals surface area contributed by atoms with Gasteiger partial charge < -0.3 is 14.5 Å². The number of benzene rings is 1. The summed E-state index contributed by atoms with van der Waals surface area (Å²) in [7, 11) is 1.66. The van der Waals surface area contributed by atoms with Gasteiger partial charge in [-0.05, 0) is 62.2 Å². The Morgan fingerprint density at radius 3 is 2.42 bits per heavy atom. The minimum atomic E-state index is -0.194. The number of aromatic nitrogens is 2. The van der Waals surface area contributed by atoms with Crippen molar-refractivity contribution in [1.29, 1.82) is 0 Å². The molecule has 5 rings (SSSR count). The first-order valence-corrected chi connectivity index (χ1v) is 14.0. The second-order valence-corrected chi connectivity index (χ2v) is 11.2. The Balaban J connectivity index is 1.51. The van der Waals surface area contributed by atoms with E-state index in [4.69, 9.17) is 21.9 Å². The summed E-state index contributed by atoms with van der Waals surface area (Å²) in [6, 6.07) is 11.8. The van der Waals surface area contributed by atoms with Crippen molar-refractivity contribution in [2.45, 2.75) is 33.2 Å². The summed E-state index contributed by atoms with van der Waals surface area (Å²) in [6.45, 7) is 8.88. The van der Waals surface area contributed by atoms with E-state index in [2.05, 4.69) is 21.9 Å². The van der Waals surface area contributed by atoms with Crippen LogP contribution in [-0.4, -0.2) is 63.8 Å². The predicted molar refractivity (Wildman–Crippen MR) is 158 cm³/mol. The molecule has 38 heavy (non-hydrogen) atoms. The van der Waals surface area contributed by atoms with Gasteiger partial charge in [0.05, 0.1) is 17.6 Å². The lowest BCUT2D eigenvalue weighted by atomic mass is 10.2. The van der Waals surface area contributed by atoms with Gasteiger partial charge in [-0.3, -0.25) is 18.9 Å². The molecule has 2 aliphatic heterocycles. The SMILES string of the molecule is CC[C@@H](C)N1C(=O)/C(=C/c2c(N3CCN(c4ccc(OC)cc4)CC3)nc3ccc(C)cn3c2=O)SC1=S. The van der Waals surface area contributed by atoms with Crippen LogP contribution in [0.3, 0.4) is 0 Å². The fourth-order valence-corrected chi connectivity index (χ4v) is 6.20. The first-order valence-electron chi connectivity index (χ1n) is 12.7. The first kappa shape index (κ1) is 26.2. The molecule has 8 nitrogen and oxygen atoms in total. The van der Waals surface area contributed by atoms with Gasteiger partial charge >= 0.3 is 0 Å². The molecule has 1 atom stereocenters. The number of nitrogens with zero attached hydrogens (tertiary/aromatic N) is 5. The third-order valence-electron chi connectivity index (χ3n) is 7.13. The van der Waals surface area contributed by atoms with Crippen molar-refractivity contribution in [3.8, 4) is 5.75 Å². The summed E-state index contributed by atoms with van der Waals surface area (Å²) in [5.41, 5.74) is 2.88. The van der Waals surface area contributed by atoms with Crippen LogP contribution >= 0.6 is 24.0 Å². The number of hydrogen-bond acceptors (Lipinski definition) is 8. The third-order valence-corrected chi connectivity index (χ3v) is 8.46. The predicted octanol–water partition coefficient (Wildman–Crippen LogP) is 4.34. The molecular weight excluding hydrogens is 518 g/mol. The van der Waals surface area contributed by atoms with Crippen LogP contribution in [-0.2, 0) is 4.79 Å². The molecule has 4 heterocycles. The monoisotopic (exact) mass is 549 g/mol. The highest BCUT2D eigenvalue weighted by Gasteiger charge is 2.35. The van der Waals surface area contributed by atoms with Crippen LogP contribution in [0.25, 0.3) is 11.7 Å². The molecule has 1 aromatic carbocycles. The molecule has 198 valence electrons. The molecule has 2 aromatic heterocycles. The van der Waals surface area contributed by atoms with Crippen molar-refractivity contribution in [2.75, 3.05) is 43.1 Å². The number of pyridine rings is 1. The van der Waals surface area contributed by atoms with Gasteiger partial charge in [-0.2, -0.15) is 0 Å². The van der Waals surface area contributed by atoms with Crippen molar-refractivity contribution in [1.82, 2.24) is 14.3 Å². The first-order chi connectivity index (χ1) is 18.3. The Morgan fingerprint density at radius 2 is 1.76 bits per heavy atom. The van der Waals surface area contributed by atoms with Crippen LogP contribution in [0, 0.1) is 6.92 Å². The molecule has 0 N–H and O–H groups in total. The molecule has 0 saturated carbocycles. The maximum absolute atomic E-state index is 13.8. The Hall–Kier alpha value is -3.37. The standard InChI is InChI=1S/C28H31N5O3S2/c1-5-19(3)33-27(35)23(38-28(33)37)16-22-25(29-24-11-6-18(2)17-32(24)26(22)34)31-14-12-30(13-15-31)20-7-9-21(36-4)10-8-20/h6-11,16-17,19H,5,12-15H2,1-4H3/b23-16-/t19-/m1/s1. The number of piperazine rings is 1. The lowest BCUT2D eigenvalue weighted by Gasteiger charge is -2.37. The number of hydrogen-bond donors (Lipinski definition) is 0. The molecule has 0 aliphatic carbocycles. The quantitative estimate of drug-likeness (QED) is 0.332. The maximum atomic E-state index is 13.8. The normalized spacial score (nSPS) is 18.1. The molecule has 0 unspecified atom stereocenters. The third kappa shape index (κ3) is 4.90. The van der Waals surface area contributed by atoms with Gasteiger partial charge in [-0.25, -0.2) is 4.98 Å². The summed E-state index contributed by atoms with van der Waals surface area (Å²) < 4.78 is 7.37. The Kier molecular flexibility index (Phi) is 7.45. The summed E-state index contributed by atoms with van der Waals surface area (Å²) in [6.07, 6.45) is 4.28. The number of ether oxygens (including phenoxy) is 1. The van der Waals surface area contributed by atoms with Crippen molar-refractivity contribution >= 4 is 57.4 Å². The number of aryl methyl sites for hydroxylation is 1. The van der Waals surface area contributed by atoms with E-state index < -0.39 is 0 Å². The van der Waals surface area contributed by atoms with E-state index in [1.165, 1.54) is 11.8 Å². The summed E-state index contributed by atoms with van der Waals surface area (Å²) in [5, 5.41) is 0. The maximum Gasteiger partial charge on any atom is 0.267 e. The van der Waals surface area contributed by atoms with Crippen molar-refractivity contribution in [3.05, 3.63) is 69.0 Å². The number of carbonyl (C=O) groups is 1. The van der Waals surface area contributed by atoms with E-state index in [9.17, 15) is 9.59 Å². The van der Waals surface area contributed by atoms with Gasteiger partial charge in [0.15, 0.2) is 0 Å². The van der Waals surface area contributed by atoms with Crippen LogP contribution in [0.2, 0.25) is 0 Å². The smallest absolute Gasteiger partial charge is 0.267 e. The average molecular weight is 550 g/mol. The molecular formula is C28H31N5O3S2. The molecule has 0 radical (unpaired) electrons. The molecule has 0 bridgehead atoms. The number of amides is 1. The van der Waals surface area contributed by atoms with E-state index >= 15 is 0 Å². The fourth-order valence-electron chi connectivity index (χ4n) is 4.76. The number of thioether (sulfide) groups is 1. The van der Waals surface area contributed by atoms with Crippen molar-refractivity contribution in [2.24, 2.45) is 0 Å². The summed E-state index contributed by atoms with van der Waals surface area (Å²) >= 11 is 6.77. The lowest BCUT2D eigenvalue weighted by Crippen LogP contribution is -2.47. The molecule has 2 aliphatic rings. The fraction of sp³-hybridized carbons (Fsp3) is 0.357. The number of thiocarbonyl (C=S) groups is 1. The molecule has 10 heteroatoms. The van der Waals surface area contributed by atoms with Gasteiger partial charge in [0.25, 0.3) is 11.5 Å². The van der Waals surface area contributed by atoms with Gasteiger partial charge in [-0.15, -0.1) is 0 Å². The second kappa shape index (κ2) is 10.8. The van der Waals surface area contributed by atoms with Crippen LogP contribution in [0.5, 0.6) is 5.75 Å². The summed E-state index contributed by atoms with van der Waals surface area (Å²) in [5.74, 6) is 1.27. The molecule has 2 saturated heterocycles. The van der Waals surface area contributed by atoms with Crippen LogP contribution < -0.4 is 20.1 Å². The summed E-state index contributed by atoms with van der Waals surface area (Å²) in [4.78, 5) is 38.6. The van der Waals surface area contributed by atoms with E-state index in [1.54, 1.807) is 28.7 Å². The number of carbonyl (C=O) groups excluding carboxylic acids is 1. The zero-order chi connectivity index (χ0) is 27.0. The number of rotatable bonds is 6. The van der Waals surface area contributed by atoms with E-state index in [-0.39, 0.29) is 17.5 Å². The highest BCUT2D eigenvalue weighted by Crippen LogP contribution is 2.35. The topological polar surface area (TPSA) is 70.4 Å². The van der Waals surface area contributed by atoms with E-state index in [1.807, 2.05) is 45.0 Å². The number of fused-ring (bicyclic) bond motifs is 1. The van der Waals surface area contributed by atoms with Crippen LogP contribution in [0.15, 0.2) is 52.3 Å². The van der Waals surface area contributed by atoms with Crippen LogP contribution in [0.1, 0.15) is 31.4 Å². The second-order valence-electron chi connectivity index (χ2n) is 9.57. The van der Waals surface area contributed by atoms with Crippen molar-refractivity contribution in [3.63, 3.8) is 0 Å². The van der Waals surface area contributed by atoms with Gasteiger partial charge in [-0.1, -0.05) is 37.0 Å². The van der Waals surface area contributed by atoms with E-state index in [0.717, 1.165) is 36.5 Å². The Labute approximate surface area is 231 Å². The zero-order valence-electron chi connectivity index (χ0n) is 22.0. The highest BCUT2D eigenvalue weighted by molar-refractivity contribution is 8.26. The minimum absolute atomic E-state index is 0.00243. The number of methoxy groups -OCH3 is 1. The van der Waals surface area contributed by atoms with Gasteiger partial charge in [0.1, 0.15) is 21.5 Å². The zero-order valence-corrected chi connectivity index (χ0v) is 23.6. The van der Waals surface area contributed by atoms with Gasteiger partial charge in [0, 0.05) is 44.1 Å². The van der Waals surface area contributed by atoms with Crippen LogP contribution in [0.4, 0.5) is 11.5 Å². The average Bonchev–Trinajstić information content (AvgIpc) is 3.22. The highest BCUT2D eigenvalue weighted by atomic mass is 32.2. The molecule has 3 aromatic rings. The largest absolute Gasteiger partial charge is 0.497 e. The minimum Gasteiger partial charge on any atom is -0.497 e. The number of anilines is 2. The van der Waals surface area contributed by atoms with Crippen molar-refractivity contribution < 1.29 is 9.53 Å². The molecule has 1 amide bonds. The lowest BCUT2D eigenvalue weighted by molar-refractivity contribution is -0.123. The van der Waals surface area contributed by atoms with Gasteiger partial charge in [0.2, 0.25) is 0 Å². The molecule has 2 fully saturated rings. The Bertz CT molecular complexity index is 1480. The Morgan fingerprint density at radius 1 is 1.08 bits per heavy atom. The molecule has 0 spiro atoms. The van der Waals surface area contributed by atoms with E-state index in [0.29, 0.717) is 39.3 Å².